The molecule has 0 atom stereocenters. The van der Waals surface area contributed by atoms with Gasteiger partial charge >= 0.3 is 0 Å². The monoisotopic (exact) mass is 353 g/mol. The van der Waals surface area contributed by atoms with Crippen molar-refractivity contribution in [3.05, 3.63) is 29.2 Å². The molecule has 0 aliphatic heterocycles. The molecule has 1 fully saturated rings. The van der Waals surface area contributed by atoms with Gasteiger partial charge in [0.15, 0.2) is 0 Å². The molecule has 0 aromatic carbocycles. The molecule has 1 aliphatic rings. The molecule has 0 unspecified atom stereocenters. The van der Waals surface area contributed by atoms with Gasteiger partial charge < -0.3 is 4.57 Å². The third-order valence-electron chi connectivity index (χ3n) is 5.33. The number of hydrogen-bond donors (Lipinski definition) is 0. The van der Waals surface area contributed by atoms with E-state index in [0.717, 1.165) is 39.6 Å². The summed E-state index contributed by atoms with van der Waals surface area (Å²) in [7, 11) is 1.96. The predicted molar refractivity (Wildman–Crippen MR) is 100 cm³/mol. The molecule has 5 rings (SSSR count). The van der Waals surface area contributed by atoms with Crippen molar-refractivity contribution in [1.29, 1.82) is 0 Å². The number of nitrogens with zero attached hydrogens (tertiary/aromatic N) is 5. The zero-order valence-corrected chi connectivity index (χ0v) is 14.9. The molecule has 0 amide bonds. The fourth-order valence-electron chi connectivity index (χ4n) is 4.04. The Morgan fingerprint density at radius 3 is 2.68 bits per heavy atom. The highest BCUT2D eigenvalue weighted by atomic mass is 32.1. The van der Waals surface area contributed by atoms with E-state index in [9.17, 15) is 4.79 Å². The molecular formula is C18H19N5OS. The molecule has 4 aromatic rings. The normalized spacial score (nSPS) is 16.8. The van der Waals surface area contributed by atoms with Crippen molar-refractivity contribution < 1.29 is 0 Å². The Morgan fingerprint density at radius 2 is 1.88 bits per heavy atom. The lowest BCUT2D eigenvalue weighted by atomic mass is 10.1. The summed E-state index contributed by atoms with van der Waals surface area (Å²) in [4.78, 5) is 27.6. The lowest BCUT2D eigenvalue weighted by Gasteiger charge is -2.16. The van der Waals surface area contributed by atoms with Gasteiger partial charge in [-0.3, -0.25) is 9.36 Å². The van der Waals surface area contributed by atoms with Crippen molar-refractivity contribution in [2.75, 3.05) is 0 Å². The van der Waals surface area contributed by atoms with Crippen LogP contribution in [0.25, 0.3) is 31.5 Å². The summed E-state index contributed by atoms with van der Waals surface area (Å²) in [6.45, 7) is 0. The summed E-state index contributed by atoms with van der Waals surface area (Å²) < 4.78 is 4.55. The summed E-state index contributed by atoms with van der Waals surface area (Å²) in [5.74, 6) is 0. The second kappa shape index (κ2) is 5.62. The second-order valence-electron chi connectivity index (χ2n) is 6.91. The molecule has 1 saturated carbocycles. The first-order chi connectivity index (χ1) is 12.2. The van der Waals surface area contributed by atoms with Crippen molar-refractivity contribution in [3.8, 4) is 0 Å². The number of hydrogen-bond acceptors (Lipinski definition) is 5. The number of imidazole rings is 1. The van der Waals surface area contributed by atoms with Gasteiger partial charge in [0.2, 0.25) is 0 Å². The molecule has 4 heterocycles. The van der Waals surface area contributed by atoms with Crippen LogP contribution in [0.1, 0.15) is 44.6 Å². The van der Waals surface area contributed by atoms with Crippen LogP contribution in [0.15, 0.2) is 23.6 Å². The summed E-state index contributed by atoms with van der Waals surface area (Å²) in [6, 6.07) is 0.279. The van der Waals surface area contributed by atoms with E-state index in [1.54, 1.807) is 18.9 Å². The molecule has 0 bridgehead atoms. The fourth-order valence-corrected chi connectivity index (χ4v) is 5.07. The van der Waals surface area contributed by atoms with E-state index in [0.29, 0.717) is 4.70 Å². The minimum absolute atomic E-state index is 0.0789. The number of rotatable bonds is 1. The molecule has 4 aromatic heterocycles. The largest absolute Gasteiger partial charge is 0.333 e. The quantitative estimate of drug-likeness (QED) is 0.488. The Labute approximate surface area is 148 Å². The Hall–Kier alpha value is -2.28. The van der Waals surface area contributed by atoms with Gasteiger partial charge in [0.05, 0.1) is 29.8 Å². The zero-order valence-electron chi connectivity index (χ0n) is 14.1. The van der Waals surface area contributed by atoms with Gasteiger partial charge in [0, 0.05) is 13.1 Å². The van der Waals surface area contributed by atoms with Gasteiger partial charge in [0.25, 0.3) is 5.56 Å². The van der Waals surface area contributed by atoms with Gasteiger partial charge in [0.1, 0.15) is 20.6 Å². The van der Waals surface area contributed by atoms with Crippen molar-refractivity contribution >= 4 is 42.8 Å². The summed E-state index contributed by atoms with van der Waals surface area (Å²) >= 11 is 1.45. The van der Waals surface area contributed by atoms with Crippen LogP contribution >= 0.6 is 11.3 Å². The van der Waals surface area contributed by atoms with E-state index in [2.05, 4.69) is 9.97 Å². The molecule has 7 heteroatoms. The van der Waals surface area contributed by atoms with E-state index in [1.165, 1.54) is 37.0 Å². The number of thiophene rings is 1. The van der Waals surface area contributed by atoms with Crippen molar-refractivity contribution in [3.63, 3.8) is 0 Å². The van der Waals surface area contributed by atoms with E-state index < -0.39 is 0 Å². The van der Waals surface area contributed by atoms with E-state index in [1.807, 2.05) is 16.2 Å². The molecular weight excluding hydrogens is 334 g/mol. The SMILES string of the molecule is Cn1cnc2cnc3sc4c(=O)n(C5CCCCCC5)cnc4c3c21. The zero-order chi connectivity index (χ0) is 17.0. The molecule has 1 aliphatic carbocycles. The topological polar surface area (TPSA) is 65.6 Å². The van der Waals surface area contributed by atoms with Crippen LogP contribution in [0.3, 0.4) is 0 Å². The molecule has 0 radical (unpaired) electrons. The fraction of sp³-hybridized carbons (Fsp3) is 0.444. The Bertz CT molecular complexity index is 1150. The highest BCUT2D eigenvalue weighted by Gasteiger charge is 2.20. The van der Waals surface area contributed by atoms with Crippen molar-refractivity contribution in [2.45, 2.75) is 44.6 Å². The van der Waals surface area contributed by atoms with E-state index in [4.69, 9.17) is 4.98 Å². The summed E-state index contributed by atoms with van der Waals surface area (Å²) in [6.07, 6.45) is 12.4. The van der Waals surface area contributed by atoms with Gasteiger partial charge in [-0.15, -0.1) is 11.3 Å². The standard InChI is InChI=1S/C18H19N5OS/c1-22-9-20-12-8-19-17-13(15(12)22)14-16(25-17)18(24)23(10-21-14)11-6-4-2-3-5-7-11/h8-11H,2-7H2,1H3. The molecule has 0 saturated heterocycles. The number of fused-ring (bicyclic) bond motifs is 5. The van der Waals surface area contributed by atoms with Crippen LogP contribution in [0, 0.1) is 0 Å². The summed E-state index contributed by atoms with van der Waals surface area (Å²) in [5.41, 5.74) is 2.67. The third kappa shape index (κ3) is 2.22. The smallest absolute Gasteiger partial charge is 0.271 e. The van der Waals surface area contributed by atoms with Crippen LogP contribution in [0.4, 0.5) is 0 Å². The Balaban J connectivity index is 1.78. The predicted octanol–water partition coefficient (Wildman–Crippen LogP) is 3.79. The van der Waals surface area contributed by atoms with Crippen molar-refractivity contribution in [1.82, 2.24) is 24.1 Å². The first kappa shape index (κ1) is 15.0. The highest BCUT2D eigenvalue weighted by Crippen LogP contribution is 2.34. The van der Waals surface area contributed by atoms with Gasteiger partial charge in [-0.1, -0.05) is 25.7 Å². The average molecular weight is 353 g/mol. The Morgan fingerprint density at radius 1 is 1.08 bits per heavy atom. The highest BCUT2D eigenvalue weighted by molar-refractivity contribution is 7.25. The molecule has 128 valence electrons. The van der Waals surface area contributed by atoms with Crippen LogP contribution in [0.5, 0.6) is 0 Å². The minimum Gasteiger partial charge on any atom is -0.333 e. The van der Waals surface area contributed by atoms with Crippen molar-refractivity contribution in [2.24, 2.45) is 7.05 Å². The van der Waals surface area contributed by atoms with Crippen LogP contribution in [0.2, 0.25) is 0 Å². The van der Waals surface area contributed by atoms with Crippen LogP contribution in [-0.4, -0.2) is 24.1 Å². The molecule has 25 heavy (non-hydrogen) atoms. The summed E-state index contributed by atoms with van der Waals surface area (Å²) in [5, 5.41) is 0.947. The lowest BCUT2D eigenvalue weighted by Crippen LogP contribution is -2.24. The molecule has 6 nitrogen and oxygen atoms in total. The van der Waals surface area contributed by atoms with E-state index >= 15 is 0 Å². The first-order valence-corrected chi connectivity index (χ1v) is 9.65. The maximum absolute atomic E-state index is 13.2. The third-order valence-corrected chi connectivity index (χ3v) is 6.40. The van der Waals surface area contributed by atoms with Gasteiger partial charge in [-0.2, -0.15) is 0 Å². The molecule has 0 spiro atoms. The van der Waals surface area contributed by atoms with Gasteiger partial charge in [-0.05, 0) is 12.8 Å². The maximum atomic E-state index is 13.2. The number of aromatic nitrogens is 5. The van der Waals surface area contributed by atoms with Crippen LogP contribution < -0.4 is 5.56 Å². The molecule has 0 N–H and O–H groups in total. The van der Waals surface area contributed by atoms with E-state index in [-0.39, 0.29) is 11.6 Å². The maximum Gasteiger partial charge on any atom is 0.271 e. The Kier molecular flexibility index (Phi) is 3.38. The first-order valence-electron chi connectivity index (χ1n) is 8.83. The second-order valence-corrected chi connectivity index (χ2v) is 7.91. The lowest BCUT2D eigenvalue weighted by molar-refractivity contribution is 0.430. The number of aryl methyl sites for hydroxylation is 1. The van der Waals surface area contributed by atoms with Crippen LogP contribution in [-0.2, 0) is 7.05 Å². The average Bonchev–Trinajstić information content (AvgIpc) is 3.05. The van der Waals surface area contributed by atoms with Gasteiger partial charge in [-0.25, -0.2) is 15.0 Å². The minimum atomic E-state index is 0.0789. The number of pyridine rings is 1.